The maximum Gasteiger partial charge on any atom is 0.132 e. The zero-order valence-corrected chi connectivity index (χ0v) is 12.9. The average molecular weight is 309 g/mol. The van der Waals surface area contributed by atoms with Crippen molar-refractivity contribution in [1.29, 1.82) is 0 Å². The largest absolute Gasteiger partial charge is 0.508 e. The van der Waals surface area contributed by atoms with E-state index in [1.54, 1.807) is 6.07 Å². The van der Waals surface area contributed by atoms with Crippen LogP contribution in [0.5, 0.6) is 5.75 Å². The highest BCUT2D eigenvalue weighted by Gasteiger charge is 2.15. The van der Waals surface area contributed by atoms with E-state index in [0.29, 0.717) is 10.6 Å². The minimum absolute atomic E-state index is 0.0832. The van der Waals surface area contributed by atoms with Gasteiger partial charge in [-0.05, 0) is 25.1 Å². The molecule has 5 heteroatoms. The SMILES string of the molecule is CC(Nc1cccc(Cl)c1N(C)C)c1ccc(O)cc1F. The second kappa shape index (κ2) is 6.22. The van der Waals surface area contributed by atoms with Crippen LogP contribution >= 0.6 is 11.6 Å². The molecule has 2 aromatic rings. The van der Waals surface area contributed by atoms with E-state index in [0.717, 1.165) is 17.4 Å². The van der Waals surface area contributed by atoms with Gasteiger partial charge in [-0.15, -0.1) is 0 Å². The molecular formula is C16H18ClFN2O. The summed E-state index contributed by atoms with van der Waals surface area (Å²) in [4.78, 5) is 1.91. The molecule has 0 aliphatic heterocycles. The first kappa shape index (κ1) is 15.4. The van der Waals surface area contributed by atoms with E-state index >= 15 is 0 Å². The predicted molar refractivity (Wildman–Crippen MR) is 85.9 cm³/mol. The first-order valence-corrected chi connectivity index (χ1v) is 6.98. The van der Waals surface area contributed by atoms with Crippen LogP contribution in [0.4, 0.5) is 15.8 Å². The second-order valence-corrected chi connectivity index (χ2v) is 5.51. The Morgan fingerprint density at radius 2 is 1.95 bits per heavy atom. The number of para-hydroxylation sites is 1. The van der Waals surface area contributed by atoms with Gasteiger partial charge in [0.25, 0.3) is 0 Å². The van der Waals surface area contributed by atoms with Crippen molar-refractivity contribution in [3.05, 3.63) is 52.8 Å². The lowest BCUT2D eigenvalue weighted by molar-refractivity contribution is 0.467. The van der Waals surface area contributed by atoms with Crippen LogP contribution in [-0.2, 0) is 0 Å². The van der Waals surface area contributed by atoms with Gasteiger partial charge in [0.15, 0.2) is 0 Å². The van der Waals surface area contributed by atoms with Gasteiger partial charge in [0.2, 0.25) is 0 Å². The Labute approximate surface area is 129 Å². The Hall–Kier alpha value is -1.94. The van der Waals surface area contributed by atoms with Crippen molar-refractivity contribution in [3.8, 4) is 5.75 Å². The lowest BCUT2D eigenvalue weighted by Gasteiger charge is -2.23. The van der Waals surface area contributed by atoms with Crippen LogP contribution < -0.4 is 10.2 Å². The summed E-state index contributed by atoms with van der Waals surface area (Å²) in [6.45, 7) is 1.86. The first-order chi connectivity index (χ1) is 9.90. The van der Waals surface area contributed by atoms with Gasteiger partial charge in [0.1, 0.15) is 11.6 Å². The number of hydrogen-bond donors (Lipinski definition) is 2. The molecule has 2 rings (SSSR count). The highest BCUT2D eigenvalue weighted by atomic mass is 35.5. The molecular weight excluding hydrogens is 291 g/mol. The number of phenols is 1. The molecule has 1 atom stereocenters. The van der Waals surface area contributed by atoms with Crippen LogP contribution in [0, 0.1) is 5.82 Å². The normalized spacial score (nSPS) is 12.0. The Morgan fingerprint density at radius 3 is 2.57 bits per heavy atom. The van der Waals surface area contributed by atoms with Gasteiger partial charge in [-0.1, -0.05) is 23.7 Å². The van der Waals surface area contributed by atoms with Crippen molar-refractivity contribution >= 4 is 23.0 Å². The van der Waals surface area contributed by atoms with Gasteiger partial charge in [-0.2, -0.15) is 0 Å². The van der Waals surface area contributed by atoms with Gasteiger partial charge >= 0.3 is 0 Å². The lowest BCUT2D eigenvalue weighted by Crippen LogP contribution is -2.15. The quantitative estimate of drug-likeness (QED) is 0.877. The summed E-state index contributed by atoms with van der Waals surface area (Å²) in [7, 11) is 3.80. The molecule has 0 radical (unpaired) electrons. The van der Waals surface area contributed by atoms with Crippen molar-refractivity contribution in [2.75, 3.05) is 24.3 Å². The maximum atomic E-state index is 13.9. The van der Waals surface area contributed by atoms with Gasteiger partial charge < -0.3 is 15.3 Å². The molecule has 21 heavy (non-hydrogen) atoms. The summed E-state index contributed by atoms with van der Waals surface area (Å²) >= 11 is 6.22. The Morgan fingerprint density at radius 1 is 1.24 bits per heavy atom. The van der Waals surface area contributed by atoms with Crippen LogP contribution in [-0.4, -0.2) is 19.2 Å². The monoisotopic (exact) mass is 308 g/mol. The minimum Gasteiger partial charge on any atom is -0.508 e. The number of benzene rings is 2. The van der Waals surface area contributed by atoms with E-state index < -0.39 is 5.82 Å². The second-order valence-electron chi connectivity index (χ2n) is 5.10. The molecule has 2 aromatic carbocycles. The van der Waals surface area contributed by atoms with Gasteiger partial charge in [-0.25, -0.2) is 4.39 Å². The highest BCUT2D eigenvalue weighted by molar-refractivity contribution is 6.34. The molecule has 1 unspecified atom stereocenters. The van der Waals surface area contributed by atoms with E-state index in [9.17, 15) is 9.50 Å². The third-order valence-electron chi connectivity index (χ3n) is 3.26. The molecule has 0 saturated carbocycles. The van der Waals surface area contributed by atoms with E-state index in [1.165, 1.54) is 6.07 Å². The van der Waals surface area contributed by atoms with E-state index in [4.69, 9.17) is 11.6 Å². The van der Waals surface area contributed by atoms with E-state index in [2.05, 4.69) is 5.32 Å². The first-order valence-electron chi connectivity index (χ1n) is 6.61. The molecule has 112 valence electrons. The van der Waals surface area contributed by atoms with Crippen molar-refractivity contribution in [1.82, 2.24) is 0 Å². The number of phenolic OH excluding ortho intramolecular Hbond substituents is 1. The van der Waals surface area contributed by atoms with Gasteiger partial charge in [-0.3, -0.25) is 0 Å². The molecule has 2 N–H and O–H groups in total. The molecule has 0 saturated heterocycles. The Bertz CT molecular complexity index is 646. The fraction of sp³-hybridized carbons (Fsp3) is 0.250. The molecule has 3 nitrogen and oxygen atoms in total. The van der Waals surface area contributed by atoms with Crippen molar-refractivity contribution in [3.63, 3.8) is 0 Å². The summed E-state index contributed by atoms with van der Waals surface area (Å²) < 4.78 is 13.9. The van der Waals surface area contributed by atoms with Crippen molar-refractivity contribution in [2.24, 2.45) is 0 Å². The van der Waals surface area contributed by atoms with Gasteiger partial charge in [0, 0.05) is 25.7 Å². The third kappa shape index (κ3) is 3.39. The fourth-order valence-electron chi connectivity index (χ4n) is 2.26. The third-order valence-corrected chi connectivity index (χ3v) is 3.56. The molecule has 0 heterocycles. The number of nitrogens with one attached hydrogen (secondary N) is 1. The average Bonchev–Trinajstić information content (AvgIpc) is 2.37. The topological polar surface area (TPSA) is 35.5 Å². The molecule has 0 aliphatic carbocycles. The smallest absolute Gasteiger partial charge is 0.132 e. The number of anilines is 2. The van der Waals surface area contributed by atoms with E-state index in [-0.39, 0.29) is 11.8 Å². The number of nitrogens with zero attached hydrogens (tertiary/aromatic N) is 1. The molecule has 0 fully saturated rings. The van der Waals surface area contributed by atoms with E-state index in [1.807, 2.05) is 44.1 Å². The van der Waals surface area contributed by atoms with Crippen LogP contribution in [0.1, 0.15) is 18.5 Å². The number of rotatable bonds is 4. The van der Waals surface area contributed by atoms with Crippen LogP contribution in [0.25, 0.3) is 0 Å². The van der Waals surface area contributed by atoms with Gasteiger partial charge in [0.05, 0.1) is 22.4 Å². The summed E-state index contributed by atoms with van der Waals surface area (Å²) in [5, 5.41) is 13.2. The molecule has 0 amide bonds. The standard InChI is InChI=1S/C16H18ClFN2O/c1-10(12-8-7-11(21)9-14(12)18)19-15-6-4-5-13(17)16(15)20(2)3/h4-10,19,21H,1-3H3. The zero-order chi connectivity index (χ0) is 15.6. The molecule has 0 aliphatic rings. The Balaban J connectivity index is 2.31. The zero-order valence-electron chi connectivity index (χ0n) is 12.2. The molecule has 0 spiro atoms. The Kier molecular flexibility index (Phi) is 4.58. The summed E-state index contributed by atoms with van der Waals surface area (Å²) in [5.74, 6) is -0.524. The summed E-state index contributed by atoms with van der Waals surface area (Å²) in [6.07, 6.45) is 0. The highest BCUT2D eigenvalue weighted by Crippen LogP contribution is 2.35. The van der Waals surface area contributed by atoms with Crippen molar-refractivity contribution in [2.45, 2.75) is 13.0 Å². The maximum absolute atomic E-state index is 13.9. The summed E-state index contributed by atoms with van der Waals surface area (Å²) in [6, 6.07) is 9.45. The number of aromatic hydroxyl groups is 1. The molecule has 0 aromatic heterocycles. The van der Waals surface area contributed by atoms with Crippen LogP contribution in [0.3, 0.4) is 0 Å². The predicted octanol–water partition coefficient (Wildman–Crippen LogP) is 4.42. The number of halogens is 2. The van der Waals surface area contributed by atoms with Crippen LogP contribution in [0.15, 0.2) is 36.4 Å². The minimum atomic E-state index is -0.441. The molecule has 0 bridgehead atoms. The van der Waals surface area contributed by atoms with Crippen LogP contribution in [0.2, 0.25) is 5.02 Å². The fourth-order valence-corrected chi connectivity index (χ4v) is 2.61. The number of hydrogen-bond acceptors (Lipinski definition) is 3. The lowest BCUT2D eigenvalue weighted by atomic mass is 10.1. The summed E-state index contributed by atoms with van der Waals surface area (Å²) in [5.41, 5.74) is 2.16. The van der Waals surface area contributed by atoms with Crippen molar-refractivity contribution < 1.29 is 9.50 Å².